The van der Waals surface area contributed by atoms with Crippen LogP contribution in [-0.2, 0) is 38.0 Å². The number of hydrogen-bond acceptors (Lipinski definition) is 13. The fraction of sp³-hybridized carbons (Fsp3) is 0.647. The van der Waals surface area contributed by atoms with E-state index in [4.69, 9.17) is 33.2 Å². The number of aliphatic hydroxyl groups is 4. The van der Waals surface area contributed by atoms with Crippen molar-refractivity contribution in [1.29, 1.82) is 0 Å². The van der Waals surface area contributed by atoms with Crippen molar-refractivity contribution in [1.82, 2.24) is 0 Å². The molecule has 0 spiro atoms. The summed E-state index contributed by atoms with van der Waals surface area (Å²) in [6.07, 6.45) is 2.87. The van der Waals surface area contributed by atoms with E-state index in [1.165, 1.54) is 6.08 Å². The molecule has 8 rings (SSSR count). The Morgan fingerprint density at radius 2 is 1.55 bits per heavy atom. The van der Waals surface area contributed by atoms with Gasteiger partial charge in [-0.2, -0.15) is 0 Å². The summed E-state index contributed by atoms with van der Waals surface area (Å²) < 4.78 is 43.2. The minimum Gasteiger partial charge on any atom is -0.458 e. The summed E-state index contributed by atoms with van der Waals surface area (Å²) >= 11 is 0. The molecule has 3 saturated carbocycles. The molecule has 4 aliphatic carbocycles. The van der Waals surface area contributed by atoms with Gasteiger partial charge in [0.2, 0.25) is 0 Å². The second kappa shape index (κ2) is 18.0. The Hall–Kier alpha value is -3.50. The lowest BCUT2D eigenvalue weighted by Gasteiger charge is -2.67. The van der Waals surface area contributed by atoms with Crippen LogP contribution in [0.4, 0.5) is 0 Å². The molecule has 2 unspecified atom stereocenters. The second-order valence-corrected chi connectivity index (χ2v) is 19.9. The van der Waals surface area contributed by atoms with Crippen LogP contribution in [-0.4, -0.2) is 125 Å². The van der Waals surface area contributed by atoms with E-state index in [2.05, 4.69) is 13.0 Å². The third-order valence-corrected chi connectivity index (χ3v) is 16.9. The average molecular weight is 889 g/mol. The van der Waals surface area contributed by atoms with Crippen LogP contribution in [0.2, 0.25) is 0 Å². The first kappa shape index (κ1) is 47.0. The highest BCUT2D eigenvalue weighted by atomic mass is 16.7. The number of benzene rings is 2. The molecule has 2 aliphatic heterocycles. The molecule has 2 heterocycles. The molecule has 17 atom stereocenters. The number of carbonyl (C=O) groups is 2. The van der Waals surface area contributed by atoms with Crippen molar-refractivity contribution in [3.63, 3.8) is 0 Å². The fourth-order valence-corrected chi connectivity index (χ4v) is 13.0. The van der Waals surface area contributed by atoms with Gasteiger partial charge in [0.25, 0.3) is 0 Å². The maximum atomic E-state index is 14.0. The molecule has 6 aliphatic rings. The smallest absolute Gasteiger partial charge is 0.338 e. The molecule has 0 aromatic heterocycles. The van der Waals surface area contributed by atoms with Gasteiger partial charge in [0.15, 0.2) is 6.29 Å². The Morgan fingerprint density at radius 1 is 0.859 bits per heavy atom. The number of aliphatic hydroxyl groups excluding tert-OH is 1. The standard InChI is InChI=1S/C51H68O13/c1-30-44(53)38(58-6)28-43(61-30)64-45-31(2)60-37(27-39(45)59-7)35-20-22-47(4)36(26-35)21-23-50(56)40(47)29-41(63-46(54)34-16-12-9-13-17-34)48(5)49(55,24-25-51(48,50)57)32(3)62-42(52)19-18-33-14-10-8-11-15-33/h8-19,21,30-32,35,37-41,43-45,53,55-57H,20,22-29H2,1-7H3/b19-18+/t30-,31-,32?,35+,37-,38-,39+,40-,41?,43+,44-,45-,47+,48-,49+,50+,51-/m1/s1. The molecular formula is C51H68O13. The Balaban J connectivity index is 1.04. The van der Waals surface area contributed by atoms with E-state index in [1.54, 1.807) is 71.4 Å². The maximum absolute atomic E-state index is 14.0. The molecular weight excluding hydrogens is 821 g/mol. The van der Waals surface area contributed by atoms with Crippen molar-refractivity contribution < 1.29 is 63.2 Å². The first-order chi connectivity index (χ1) is 30.4. The summed E-state index contributed by atoms with van der Waals surface area (Å²) in [6, 6.07) is 17.9. The molecule has 350 valence electrons. The minimum atomic E-state index is -1.95. The van der Waals surface area contributed by atoms with Gasteiger partial charge >= 0.3 is 11.9 Å². The monoisotopic (exact) mass is 888 g/mol. The highest BCUT2D eigenvalue weighted by Gasteiger charge is 2.81. The zero-order valence-electron chi connectivity index (χ0n) is 38.3. The largest absolute Gasteiger partial charge is 0.458 e. The molecule has 0 bridgehead atoms. The van der Waals surface area contributed by atoms with E-state index in [9.17, 15) is 30.0 Å². The lowest BCUT2D eigenvalue weighted by atomic mass is 9.42. The Kier molecular flexibility index (Phi) is 13.2. The molecule has 0 amide bonds. The fourth-order valence-electron chi connectivity index (χ4n) is 13.0. The quantitative estimate of drug-likeness (QED) is 0.116. The van der Waals surface area contributed by atoms with Crippen molar-refractivity contribution in [2.45, 2.75) is 170 Å². The Labute approximate surface area is 377 Å². The lowest BCUT2D eigenvalue weighted by molar-refractivity contribution is -0.325. The van der Waals surface area contributed by atoms with Crippen LogP contribution in [0.5, 0.6) is 0 Å². The summed E-state index contributed by atoms with van der Waals surface area (Å²) in [5.74, 6) is -1.69. The topological polar surface area (TPSA) is 180 Å². The summed E-state index contributed by atoms with van der Waals surface area (Å²) in [4.78, 5) is 27.3. The van der Waals surface area contributed by atoms with Gasteiger partial charge in [-0.1, -0.05) is 74.0 Å². The molecule has 64 heavy (non-hydrogen) atoms. The number of carbonyl (C=O) groups excluding carboxylic acids is 2. The van der Waals surface area contributed by atoms with Crippen molar-refractivity contribution in [2.24, 2.45) is 22.7 Å². The molecule has 2 aromatic rings. The summed E-state index contributed by atoms with van der Waals surface area (Å²) in [7, 11) is 3.26. The summed E-state index contributed by atoms with van der Waals surface area (Å²) in [5.41, 5.74) is -5.54. The van der Waals surface area contributed by atoms with Crippen LogP contribution >= 0.6 is 0 Å². The maximum Gasteiger partial charge on any atom is 0.338 e. The molecule has 13 heteroatoms. The van der Waals surface area contributed by atoms with Crippen molar-refractivity contribution >= 4 is 18.0 Å². The third-order valence-electron chi connectivity index (χ3n) is 16.9. The molecule has 13 nitrogen and oxygen atoms in total. The SMILES string of the molecule is CO[C@H]1C[C@H]([C@H]2CC[C@@]3(C)C(=CC[C@]4(O)[C@@H]3CC(OC(=O)c3ccccc3)[C@@]3(C)[C@]4(O)CC[C@]3(O)C(C)OC(=O)/C=C/c3ccccc3)C2)O[C@H](C)[C@H]1O[C@H]1C[C@@H](OC)[C@H](O)[C@@H](C)O1. The van der Waals surface area contributed by atoms with Gasteiger partial charge in [0, 0.05) is 39.1 Å². The first-order valence-corrected chi connectivity index (χ1v) is 23.2. The van der Waals surface area contributed by atoms with Crippen LogP contribution in [0.15, 0.2) is 78.4 Å². The van der Waals surface area contributed by atoms with Crippen LogP contribution in [0.25, 0.3) is 6.08 Å². The number of esters is 2. The highest BCUT2D eigenvalue weighted by molar-refractivity contribution is 5.89. The second-order valence-electron chi connectivity index (χ2n) is 19.9. The number of rotatable bonds is 11. The molecule has 2 aromatic carbocycles. The van der Waals surface area contributed by atoms with Gasteiger partial charge in [-0.05, 0) is 101 Å². The number of hydrogen-bond donors (Lipinski definition) is 4. The van der Waals surface area contributed by atoms with Gasteiger partial charge in [0.05, 0.1) is 41.5 Å². The Morgan fingerprint density at radius 3 is 2.23 bits per heavy atom. The van der Waals surface area contributed by atoms with Gasteiger partial charge in [0.1, 0.15) is 41.2 Å². The zero-order valence-corrected chi connectivity index (χ0v) is 38.3. The van der Waals surface area contributed by atoms with Gasteiger partial charge in [-0.15, -0.1) is 0 Å². The minimum absolute atomic E-state index is 0.00991. The predicted molar refractivity (Wildman–Crippen MR) is 235 cm³/mol. The van der Waals surface area contributed by atoms with Crippen molar-refractivity contribution in [2.75, 3.05) is 14.2 Å². The lowest BCUT2D eigenvalue weighted by Crippen LogP contribution is -2.78. The van der Waals surface area contributed by atoms with Crippen LogP contribution in [0.1, 0.15) is 108 Å². The zero-order chi connectivity index (χ0) is 45.8. The summed E-state index contributed by atoms with van der Waals surface area (Å²) in [6.45, 7) is 9.23. The van der Waals surface area contributed by atoms with Crippen LogP contribution < -0.4 is 0 Å². The third kappa shape index (κ3) is 7.80. The van der Waals surface area contributed by atoms with Crippen LogP contribution in [0, 0.1) is 22.7 Å². The molecule has 4 N–H and O–H groups in total. The van der Waals surface area contributed by atoms with Gasteiger partial charge < -0.3 is 53.6 Å². The van der Waals surface area contributed by atoms with Gasteiger partial charge in [-0.25, -0.2) is 9.59 Å². The van der Waals surface area contributed by atoms with E-state index in [0.717, 1.165) is 17.6 Å². The van der Waals surface area contributed by atoms with Crippen molar-refractivity contribution in [3.05, 3.63) is 89.5 Å². The van der Waals surface area contributed by atoms with E-state index in [-0.39, 0.29) is 49.9 Å². The summed E-state index contributed by atoms with van der Waals surface area (Å²) in [5, 5.41) is 50.0. The number of ether oxygens (including phenoxy) is 7. The van der Waals surface area contributed by atoms with E-state index < -0.39 is 88.4 Å². The Bertz CT molecular complexity index is 2040. The predicted octanol–water partition coefficient (Wildman–Crippen LogP) is 6.10. The first-order valence-electron chi connectivity index (χ1n) is 23.2. The average Bonchev–Trinajstić information content (AvgIpc) is 3.52. The van der Waals surface area contributed by atoms with E-state index in [0.29, 0.717) is 31.2 Å². The van der Waals surface area contributed by atoms with E-state index >= 15 is 0 Å². The molecule has 2 saturated heterocycles. The number of fused-ring (bicyclic) bond motifs is 5. The molecule has 0 radical (unpaired) electrons. The normalized spacial score (nSPS) is 43.6. The van der Waals surface area contributed by atoms with Crippen molar-refractivity contribution in [3.8, 4) is 0 Å². The van der Waals surface area contributed by atoms with E-state index in [1.807, 2.05) is 37.3 Å². The highest BCUT2D eigenvalue weighted by Crippen LogP contribution is 2.72. The number of allylic oxidation sites excluding steroid dienone is 1. The van der Waals surface area contributed by atoms with Crippen LogP contribution in [0.3, 0.4) is 0 Å². The number of methoxy groups -OCH3 is 2. The van der Waals surface area contributed by atoms with Gasteiger partial charge in [-0.3, -0.25) is 0 Å². The molecule has 5 fully saturated rings.